The Morgan fingerprint density at radius 3 is 2.54 bits per heavy atom. The van der Waals surface area contributed by atoms with E-state index < -0.39 is 0 Å². The smallest absolute Gasteiger partial charge is 0.142 e. The normalized spacial score (nSPS) is 16.7. The van der Waals surface area contributed by atoms with Gasteiger partial charge < -0.3 is 15.0 Å². The summed E-state index contributed by atoms with van der Waals surface area (Å²) in [5.41, 5.74) is 1.19. The Bertz CT molecular complexity index is 626. The predicted molar refractivity (Wildman–Crippen MR) is 99.0 cm³/mol. The molecule has 24 heavy (non-hydrogen) atoms. The summed E-state index contributed by atoms with van der Waals surface area (Å²) < 4.78 is 5.49. The molecular weight excluding hydrogens is 300 g/mol. The van der Waals surface area contributed by atoms with Crippen LogP contribution in [0.15, 0.2) is 48.7 Å². The Morgan fingerprint density at radius 1 is 1.08 bits per heavy atom. The summed E-state index contributed by atoms with van der Waals surface area (Å²) in [7, 11) is 1.74. The molecule has 3 rings (SSSR count). The second-order valence-corrected chi connectivity index (χ2v) is 6.14. The first-order chi connectivity index (χ1) is 11.8. The van der Waals surface area contributed by atoms with Crippen molar-refractivity contribution in [2.24, 2.45) is 0 Å². The fourth-order valence-electron chi connectivity index (χ4n) is 3.14. The number of anilines is 2. The van der Waals surface area contributed by atoms with Crippen LogP contribution in [0.4, 0.5) is 11.5 Å². The maximum atomic E-state index is 5.49. The first-order valence-electron chi connectivity index (χ1n) is 8.55. The van der Waals surface area contributed by atoms with E-state index in [1.807, 2.05) is 36.5 Å². The lowest BCUT2D eigenvalue weighted by atomic mass is 10.2. The van der Waals surface area contributed by atoms with Crippen LogP contribution < -0.4 is 15.0 Å². The van der Waals surface area contributed by atoms with E-state index in [2.05, 4.69) is 39.2 Å². The topological polar surface area (TPSA) is 40.6 Å². The van der Waals surface area contributed by atoms with Crippen molar-refractivity contribution in [1.82, 2.24) is 9.88 Å². The van der Waals surface area contributed by atoms with Gasteiger partial charge in [-0.1, -0.05) is 18.2 Å². The average molecular weight is 326 g/mol. The van der Waals surface area contributed by atoms with Gasteiger partial charge in [-0.2, -0.15) is 0 Å². The molecule has 1 saturated heterocycles. The summed E-state index contributed by atoms with van der Waals surface area (Å²) in [5.74, 6) is 1.90. The van der Waals surface area contributed by atoms with E-state index in [0.717, 1.165) is 44.3 Å². The van der Waals surface area contributed by atoms with E-state index >= 15 is 0 Å². The summed E-state index contributed by atoms with van der Waals surface area (Å²) in [6.45, 7) is 7.34. The van der Waals surface area contributed by atoms with Gasteiger partial charge in [0.1, 0.15) is 11.6 Å². The first-order valence-corrected chi connectivity index (χ1v) is 8.55. The van der Waals surface area contributed by atoms with Crippen molar-refractivity contribution in [3.05, 3.63) is 48.7 Å². The molecule has 0 radical (unpaired) electrons. The number of nitrogens with zero attached hydrogens (tertiary/aromatic N) is 3. The van der Waals surface area contributed by atoms with E-state index in [1.54, 1.807) is 7.11 Å². The van der Waals surface area contributed by atoms with Crippen molar-refractivity contribution in [3.63, 3.8) is 0 Å². The van der Waals surface area contributed by atoms with E-state index in [9.17, 15) is 0 Å². The average Bonchev–Trinajstić information content (AvgIpc) is 2.67. The lowest BCUT2D eigenvalue weighted by molar-refractivity contribution is 0.204. The monoisotopic (exact) mass is 326 g/mol. The number of nitrogens with one attached hydrogen (secondary N) is 1. The molecule has 2 heterocycles. The Morgan fingerprint density at radius 2 is 1.83 bits per heavy atom. The molecule has 5 nitrogen and oxygen atoms in total. The quantitative estimate of drug-likeness (QED) is 0.884. The zero-order valence-corrected chi connectivity index (χ0v) is 14.5. The Hall–Kier alpha value is -2.27. The predicted octanol–water partition coefficient (Wildman–Crippen LogP) is 2.71. The summed E-state index contributed by atoms with van der Waals surface area (Å²) in [5, 5.41) is 3.42. The molecule has 0 spiro atoms. The standard InChI is InChI=1S/C19H26N4O/c1-16(15-21-19-9-5-6-10-20-19)22-11-13-23(14-12-22)17-7-3-4-8-18(17)24-2/h3-10,16H,11-15H2,1-2H3,(H,20,21). The van der Waals surface area contributed by atoms with Gasteiger partial charge in [0.25, 0.3) is 0 Å². The Labute approximate surface area is 144 Å². The van der Waals surface area contributed by atoms with Gasteiger partial charge in [0.15, 0.2) is 0 Å². The maximum absolute atomic E-state index is 5.49. The summed E-state index contributed by atoms with van der Waals surface area (Å²) in [4.78, 5) is 9.26. The van der Waals surface area contributed by atoms with Crippen LogP contribution in [0.3, 0.4) is 0 Å². The summed E-state index contributed by atoms with van der Waals surface area (Å²) >= 11 is 0. The number of aromatic nitrogens is 1. The number of para-hydroxylation sites is 2. The molecule has 128 valence electrons. The molecule has 2 aromatic rings. The third-order valence-electron chi connectivity index (χ3n) is 4.61. The zero-order valence-electron chi connectivity index (χ0n) is 14.5. The highest BCUT2D eigenvalue weighted by Crippen LogP contribution is 2.28. The van der Waals surface area contributed by atoms with Crippen LogP contribution in [-0.4, -0.2) is 55.8 Å². The number of ether oxygens (including phenoxy) is 1. The van der Waals surface area contributed by atoms with Crippen LogP contribution in [0.25, 0.3) is 0 Å². The van der Waals surface area contributed by atoms with E-state index in [4.69, 9.17) is 4.74 Å². The highest BCUT2D eigenvalue weighted by atomic mass is 16.5. The third-order valence-corrected chi connectivity index (χ3v) is 4.61. The molecular formula is C19H26N4O. The molecule has 1 atom stereocenters. The van der Waals surface area contributed by atoms with Crippen LogP contribution in [0.2, 0.25) is 0 Å². The lowest BCUT2D eigenvalue weighted by Gasteiger charge is -2.39. The van der Waals surface area contributed by atoms with Crippen molar-refractivity contribution in [2.45, 2.75) is 13.0 Å². The minimum atomic E-state index is 0.479. The third kappa shape index (κ3) is 3.97. The van der Waals surface area contributed by atoms with Gasteiger partial charge >= 0.3 is 0 Å². The van der Waals surface area contributed by atoms with Gasteiger partial charge in [-0.15, -0.1) is 0 Å². The summed E-state index contributed by atoms with van der Waals surface area (Å²) in [6.07, 6.45) is 1.82. The van der Waals surface area contributed by atoms with Crippen molar-refractivity contribution < 1.29 is 4.74 Å². The van der Waals surface area contributed by atoms with Crippen LogP contribution >= 0.6 is 0 Å². The van der Waals surface area contributed by atoms with E-state index in [-0.39, 0.29) is 0 Å². The van der Waals surface area contributed by atoms with Crippen LogP contribution in [0.1, 0.15) is 6.92 Å². The van der Waals surface area contributed by atoms with E-state index in [1.165, 1.54) is 5.69 Å². The molecule has 1 fully saturated rings. The second-order valence-electron chi connectivity index (χ2n) is 6.14. The maximum Gasteiger partial charge on any atom is 0.142 e. The SMILES string of the molecule is COc1ccccc1N1CCN(C(C)CNc2ccccn2)CC1. The first kappa shape index (κ1) is 16.6. The molecule has 1 aliphatic rings. The zero-order chi connectivity index (χ0) is 16.8. The van der Waals surface area contributed by atoms with Gasteiger partial charge in [-0.25, -0.2) is 4.98 Å². The van der Waals surface area contributed by atoms with Gasteiger partial charge in [-0.05, 0) is 31.2 Å². The lowest BCUT2D eigenvalue weighted by Crippen LogP contribution is -2.51. The number of pyridine rings is 1. The van der Waals surface area contributed by atoms with Crippen molar-refractivity contribution in [1.29, 1.82) is 0 Å². The van der Waals surface area contributed by atoms with Crippen LogP contribution in [0, 0.1) is 0 Å². The second kappa shape index (κ2) is 8.02. The van der Waals surface area contributed by atoms with Crippen LogP contribution in [0.5, 0.6) is 5.75 Å². The fraction of sp³-hybridized carbons (Fsp3) is 0.421. The molecule has 1 aromatic carbocycles. The number of hydrogen-bond donors (Lipinski definition) is 1. The Balaban J connectivity index is 1.51. The molecule has 5 heteroatoms. The van der Waals surface area contributed by atoms with Crippen LogP contribution in [-0.2, 0) is 0 Å². The highest BCUT2D eigenvalue weighted by Gasteiger charge is 2.22. The highest BCUT2D eigenvalue weighted by molar-refractivity contribution is 5.58. The number of methoxy groups -OCH3 is 1. The molecule has 1 unspecified atom stereocenters. The molecule has 0 aliphatic carbocycles. The largest absolute Gasteiger partial charge is 0.495 e. The minimum Gasteiger partial charge on any atom is -0.495 e. The number of benzene rings is 1. The summed E-state index contributed by atoms with van der Waals surface area (Å²) in [6, 6.07) is 14.7. The molecule has 1 aromatic heterocycles. The van der Waals surface area contributed by atoms with Crippen molar-refractivity contribution in [2.75, 3.05) is 50.1 Å². The number of rotatable bonds is 6. The van der Waals surface area contributed by atoms with Gasteiger partial charge in [0, 0.05) is 45.0 Å². The molecule has 0 saturated carbocycles. The number of hydrogen-bond acceptors (Lipinski definition) is 5. The molecule has 0 bridgehead atoms. The van der Waals surface area contributed by atoms with Gasteiger partial charge in [0.05, 0.1) is 12.8 Å². The Kier molecular flexibility index (Phi) is 5.54. The number of piperazine rings is 1. The van der Waals surface area contributed by atoms with Gasteiger partial charge in [0.2, 0.25) is 0 Å². The van der Waals surface area contributed by atoms with Crippen molar-refractivity contribution in [3.8, 4) is 5.75 Å². The van der Waals surface area contributed by atoms with E-state index in [0.29, 0.717) is 6.04 Å². The molecule has 1 aliphatic heterocycles. The molecule has 0 amide bonds. The molecule has 1 N–H and O–H groups in total. The fourth-order valence-corrected chi connectivity index (χ4v) is 3.14. The minimum absolute atomic E-state index is 0.479. The van der Waals surface area contributed by atoms with Crippen molar-refractivity contribution >= 4 is 11.5 Å². The van der Waals surface area contributed by atoms with Gasteiger partial charge in [-0.3, -0.25) is 4.90 Å².